The third-order valence-corrected chi connectivity index (χ3v) is 2.56. The van der Waals surface area contributed by atoms with Crippen molar-refractivity contribution in [1.82, 2.24) is 0 Å². The van der Waals surface area contributed by atoms with Crippen LogP contribution >= 0.6 is 0 Å². The summed E-state index contributed by atoms with van der Waals surface area (Å²) in [5.74, 6) is 0.300. The molecule has 0 fully saturated rings. The molecule has 0 unspecified atom stereocenters. The molecular weight excluding hydrogens is 195 g/mol. The van der Waals surface area contributed by atoms with E-state index in [9.17, 15) is 9.18 Å². The molecule has 0 saturated heterocycles. The van der Waals surface area contributed by atoms with Gasteiger partial charge in [0, 0.05) is 12.0 Å². The van der Waals surface area contributed by atoms with E-state index < -0.39 is 0 Å². The SMILES string of the molecule is COc1c(C)c(F)cc(CCC=O)c1C. The summed E-state index contributed by atoms with van der Waals surface area (Å²) < 4.78 is 18.6. The van der Waals surface area contributed by atoms with Crippen molar-refractivity contribution in [2.75, 3.05) is 7.11 Å². The van der Waals surface area contributed by atoms with Crippen molar-refractivity contribution >= 4 is 6.29 Å². The number of carbonyl (C=O) groups is 1. The van der Waals surface area contributed by atoms with Crippen LogP contribution in [-0.4, -0.2) is 13.4 Å². The molecule has 15 heavy (non-hydrogen) atoms. The van der Waals surface area contributed by atoms with Crippen molar-refractivity contribution in [3.8, 4) is 5.75 Å². The number of halogens is 1. The largest absolute Gasteiger partial charge is 0.496 e. The normalized spacial score (nSPS) is 10.1. The molecule has 0 aliphatic carbocycles. The van der Waals surface area contributed by atoms with Crippen LogP contribution in [0.3, 0.4) is 0 Å². The van der Waals surface area contributed by atoms with E-state index >= 15 is 0 Å². The fourth-order valence-corrected chi connectivity index (χ4v) is 1.69. The molecule has 0 heterocycles. The lowest BCUT2D eigenvalue weighted by Crippen LogP contribution is -2.00. The lowest BCUT2D eigenvalue weighted by atomic mass is 10.00. The summed E-state index contributed by atoms with van der Waals surface area (Å²) in [5, 5.41) is 0. The monoisotopic (exact) mass is 210 g/mol. The van der Waals surface area contributed by atoms with E-state index in [1.54, 1.807) is 6.92 Å². The summed E-state index contributed by atoms with van der Waals surface area (Å²) in [6, 6.07) is 1.48. The molecule has 82 valence electrons. The summed E-state index contributed by atoms with van der Waals surface area (Å²) in [7, 11) is 1.53. The Hall–Kier alpha value is -1.38. The van der Waals surface area contributed by atoms with Crippen LogP contribution in [-0.2, 0) is 11.2 Å². The molecule has 0 spiro atoms. The van der Waals surface area contributed by atoms with Gasteiger partial charge in [-0.1, -0.05) is 0 Å². The van der Waals surface area contributed by atoms with Crippen LogP contribution in [0.4, 0.5) is 4.39 Å². The first-order chi connectivity index (χ1) is 7.11. The molecule has 0 amide bonds. The molecule has 0 aliphatic heterocycles. The van der Waals surface area contributed by atoms with Gasteiger partial charge in [-0.2, -0.15) is 0 Å². The van der Waals surface area contributed by atoms with Crippen LogP contribution in [0.15, 0.2) is 6.07 Å². The first kappa shape index (κ1) is 11.7. The lowest BCUT2D eigenvalue weighted by molar-refractivity contribution is -0.107. The number of benzene rings is 1. The predicted molar refractivity (Wildman–Crippen MR) is 56.8 cm³/mol. The second-order valence-electron chi connectivity index (χ2n) is 3.51. The van der Waals surface area contributed by atoms with Gasteiger partial charge in [0.05, 0.1) is 7.11 Å². The number of carbonyl (C=O) groups excluding carboxylic acids is 1. The Morgan fingerprint density at radius 1 is 1.40 bits per heavy atom. The second kappa shape index (κ2) is 4.91. The Bertz CT molecular complexity index is 372. The van der Waals surface area contributed by atoms with Gasteiger partial charge in [0.1, 0.15) is 17.9 Å². The minimum atomic E-state index is -0.279. The zero-order chi connectivity index (χ0) is 11.4. The first-order valence-electron chi connectivity index (χ1n) is 4.88. The molecule has 0 aromatic heterocycles. The Morgan fingerprint density at radius 3 is 2.60 bits per heavy atom. The van der Waals surface area contributed by atoms with E-state index in [0.29, 0.717) is 24.2 Å². The molecule has 2 nitrogen and oxygen atoms in total. The predicted octanol–water partition coefficient (Wildman–Crippen LogP) is 2.58. The highest BCUT2D eigenvalue weighted by Gasteiger charge is 2.12. The van der Waals surface area contributed by atoms with E-state index in [1.807, 2.05) is 6.92 Å². The number of aldehydes is 1. The van der Waals surface area contributed by atoms with E-state index in [-0.39, 0.29) is 5.82 Å². The van der Waals surface area contributed by atoms with Gasteiger partial charge in [-0.15, -0.1) is 0 Å². The number of methoxy groups -OCH3 is 1. The molecule has 0 aliphatic rings. The first-order valence-corrected chi connectivity index (χ1v) is 4.88. The van der Waals surface area contributed by atoms with Crippen molar-refractivity contribution < 1.29 is 13.9 Å². The third kappa shape index (κ3) is 2.35. The molecule has 0 atom stereocenters. The third-order valence-electron chi connectivity index (χ3n) is 2.56. The average Bonchev–Trinajstić information content (AvgIpc) is 2.22. The summed E-state index contributed by atoms with van der Waals surface area (Å²) in [6.45, 7) is 3.57. The molecule has 1 rings (SSSR count). The maximum Gasteiger partial charge on any atom is 0.130 e. The molecule has 0 radical (unpaired) electrons. The lowest BCUT2D eigenvalue weighted by Gasteiger charge is -2.13. The van der Waals surface area contributed by atoms with Gasteiger partial charge in [0.15, 0.2) is 0 Å². The van der Waals surface area contributed by atoms with Gasteiger partial charge in [-0.25, -0.2) is 4.39 Å². The van der Waals surface area contributed by atoms with E-state index in [1.165, 1.54) is 13.2 Å². The van der Waals surface area contributed by atoms with E-state index in [2.05, 4.69) is 0 Å². The Morgan fingerprint density at radius 2 is 2.07 bits per heavy atom. The van der Waals surface area contributed by atoms with Gasteiger partial charge in [-0.05, 0) is 37.5 Å². The highest BCUT2D eigenvalue weighted by Crippen LogP contribution is 2.28. The molecule has 1 aromatic rings. The fourth-order valence-electron chi connectivity index (χ4n) is 1.69. The fraction of sp³-hybridized carbons (Fsp3) is 0.417. The number of aryl methyl sites for hydroxylation is 1. The molecular formula is C12H15FO2. The Labute approximate surface area is 89.1 Å². The van der Waals surface area contributed by atoms with Crippen LogP contribution in [0.1, 0.15) is 23.1 Å². The van der Waals surface area contributed by atoms with Crippen molar-refractivity contribution in [1.29, 1.82) is 0 Å². The Balaban J connectivity index is 3.17. The van der Waals surface area contributed by atoms with E-state index in [0.717, 1.165) is 17.4 Å². The van der Waals surface area contributed by atoms with Crippen LogP contribution < -0.4 is 4.74 Å². The van der Waals surface area contributed by atoms with Crippen LogP contribution in [0.2, 0.25) is 0 Å². The smallest absolute Gasteiger partial charge is 0.130 e. The van der Waals surface area contributed by atoms with Gasteiger partial charge >= 0.3 is 0 Å². The standard InChI is InChI=1S/C12H15FO2/c1-8-10(5-4-6-14)7-11(13)9(2)12(8)15-3/h6-7H,4-5H2,1-3H3. The highest BCUT2D eigenvalue weighted by molar-refractivity contribution is 5.52. The number of hydrogen-bond donors (Lipinski definition) is 0. The summed E-state index contributed by atoms with van der Waals surface area (Å²) in [5.41, 5.74) is 2.27. The Kier molecular flexibility index (Phi) is 3.83. The maximum atomic E-state index is 13.5. The zero-order valence-electron chi connectivity index (χ0n) is 9.26. The van der Waals surface area contributed by atoms with Crippen molar-refractivity contribution in [2.45, 2.75) is 26.7 Å². The zero-order valence-corrected chi connectivity index (χ0v) is 9.26. The van der Waals surface area contributed by atoms with Crippen LogP contribution in [0, 0.1) is 19.7 Å². The summed E-state index contributed by atoms with van der Waals surface area (Å²) >= 11 is 0. The molecule has 0 N–H and O–H groups in total. The maximum absolute atomic E-state index is 13.5. The van der Waals surface area contributed by atoms with Gasteiger partial charge in [0.25, 0.3) is 0 Å². The van der Waals surface area contributed by atoms with Gasteiger partial charge in [-0.3, -0.25) is 0 Å². The number of ether oxygens (including phenoxy) is 1. The average molecular weight is 210 g/mol. The second-order valence-corrected chi connectivity index (χ2v) is 3.51. The molecule has 3 heteroatoms. The van der Waals surface area contributed by atoms with Crippen molar-refractivity contribution in [2.24, 2.45) is 0 Å². The topological polar surface area (TPSA) is 26.3 Å². The summed E-state index contributed by atoms with van der Waals surface area (Å²) in [6.07, 6.45) is 1.80. The van der Waals surface area contributed by atoms with E-state index in [4.69, 9.17) is 4.74 Å². The highest BCUT2D eigenvalue weighted by atomic mass is 19.1. The minimum absolute atomic E-state index is 0.279. The molecule has 0 saturated carbocycles. The number of hydrogen-bond acceptors (Lipinski definition) is 2. The minimum Gasteiger partial charge on any atom is -0.496 e. The van der Waals surface area contributed by atoms with Crippen molar-refractivity contribution in [3.63, 3.8) is 0 Å². The molecule has 1 aromatic carbocycles. The van der Waals surface area contributed by atoms with Gasteiger partial charge < -0.3 is 9.53 Å². The van der Waals surface area contributed by atoms with Gasteiger partial charge in [0.2, 0.25) is 0 Å². The molecule has 0 bridgehead atoms. The van der Waals surface area contributed by atoms with Crippen molar-refractivity contribution in [3.05, 3.63) is 28.6 Å². The van der Waals surface area contributed by atoms with Crippen LogP contribution in [0.5, 0.6) is 5.75 Å². The summed E-state index contributed by atoms with van der Waals surface area (Å²) in [4.78, 5) is 10.3. The van der Waals surface area contributed by atoms with Crippen LogP contribution in [0.25, 0.3) is 0 Å². The number of rotatable bonds is 4. The quantitative estimate of drug-likeness (QED) is 0.714.